The molecule has 4 aromatic rings. The SMILES string of the molecule is CC(Oc1ccc(C(C)(C)C)cc1)C(=O)Nc1cccc2c(NC(=O)C(C)Oc3ccc(C(C)(C)C)cc3)cccc12. The van der Waals surface area contributed by atoms with E-state index < -0.39 is 12.2 Å². The van der Waals surface area contributed by atoms with Crippen molar-refractivity contribution in [2.75, 3.05) is 10.6 Å². The molecular formula is C36H42N2O4. The molecule has 42 heavy (non-hydrogen) atoms. The van der Waals surface area contributed by atoms with Crippen LogP contribution in [0.4, 0.5) is 11.4 Å². The monoisotopic (exact) mass is 566 g/mol. The molecule has 2 unspecified atom stereocenters. The molecule has 2 N–H and O–H groups in total. The third-order valence-corrected chi connectivity index (χ3v) is 7.24. The van der Waals surface area contributed by atoms with E-state index in [1.807, 2.05) is 84.9 Å². The van der Waals surface area contributed by atoms with Crippen LogP contribution in [0.25, 0.3) is 10.8 Å². The van der Waals surface area contributed by atoms with Crippen molar-refractivity contribution in [1.82, 2.24) is 0 Å². The van der Waals surface area contributed by atoms with Gasteiger partial charge in [0.1, 0.15) is 11.5 Å². The summed E-state index contributed by atoms with van der Waals surface area (Å²) in [5, 5.41) is 7.59. The average molecular weight is 567 g/mol. The van der Waals surface area contributed by atoms with E-state index in [2.05, 4.69) is 52.2 Å². The molecule has 4 rings (SSSR count). The minimum Gasteiger partial charge on any atom is -0.481 e. The zero-order valence-corrected chi connectivity index (χ0v) is 25.9. The van der Waals surface area contributed by atoms with Gasteiger partial charge >= 0.3 is 0 Å². The molecule has 6 heteroatoms. The molecule has 0 aromatic heterocycles. The number of fused-ring (bicyclic) bond motifs is 1. The average Bonchev–Trinajstić information content (AvgIpc) is 2.93. The van der Waals surface area contributed by atoms with Crippen LogP contribution in [0.15, 0.2) is 84.9 Å². The third kappa shape index (κ3) is 7.49. The number of hydrogen-bond acceptors (Lipinski definition) is 4. The smallest absolute Gasteiger partial charge is 0.265 e. The summed E-state index contributed by atoms with van der Waals surface area (Å²) in [6.45, 7) is 16.4. The van der Waals surface area contributed by atoms with E-state index in [1.54, 1.807) is 13.8 Å². The molecule has 6 nitrogen and oxygen atoms in total. The number of carbonyl (C=O) groups is 2. The molecule has 0 aliphatic carbocycles. The zero-order valence-electron chi connectivity index (χ0n) is 25.9. The van der Waals surface area contributed by atoms with Crippen LogP contribution in [-0.2, 0) is 20.4 Å². The maximum atomic E-state index is 13.1. The first-order valence-corrected chi connectivity index (χ1v) is 14.4. The van der Waals surface area contributed by atoms with Crippen LogP contribution in [-0.4, -0.2) is 24.0 Å². The Kier molecular flexibility index (Phi) is 8.95. The lowest BCUT2D eigenvalue weighted by Crippen LogP contribution is -2.30. The highest BCUT2D eigenvalue weighted by atomic mass is 16.5. The van der Waals surface area contributed by atoms with Gasteiger partial charge in [0.2, 0.25) is 0 Å². The molecular weight excluding hydrogens is 524 g/mol. The molecule has 4 aromatic carbocycles. The second-order valence-electron chi connectivity index (χ2n) is 12.8. The van der Waals surface area contributed by atoms with E-state index >= 15 is 0 Å². The van der Waals surface area contributed by atoms with Crippen molar-refractivity contribution in [3.8, 4) is 11.5 Å². The molecule has 0 saturated carbocycles. The largest absolute Gasteiger partial charge is 0.481 e. The Morgan fingerprint density at radius 3 is 1.19 bits per heavy atom. The topological polar surface area (TPSA) is 76.7 Å². The van der Waals surface area contributed by atoms with Crippen LogP contribution in [0, 0.1) is 0 Å². The molecule has 0 heterocycles. The van der Waals surface area contributed by atoms with Crippen molar-refractivity contribution in [3.63, 3.8) is 0 Å². The Labute approximate surface area is 249 Å². The van der Waals surface area contributed by atoms with Crippen LogP contribution < -0.4 is 20.1 Å². The van der Waals surface area contributed by atoms with Gasteiger partial charge < -0.3 is 20.1 Å². The summed E-state index contributed by atoms with van der Waals surface area (Å²) in [6.07, 6.45) is -1.42. The molecule has 0 aliphatic rings. The summed E-state index contributed by atoms with van der Waals surface area (Å²) in [6, 6.07) is 26.9. The molecule has 0 bridgehead atoms. The maximum absolute atomic E-state index is 13.1. The van der Waals surface area contributed by atoms with Crippen LogP contribution in [0.2, 0.25) is 0 Å². The maximum Gasteiger partial charge on any atom is 0.265 e. The predicted molar refractivity (Wildman–Crippen MR) is 172 cm³/mol. The highest BCUT2D eigenvalue weighted by molar-refractivity contribution is 6.10. The van der Waals surface area contributed by atoms with Crippen LogP contribution in [0.5, 0.6) is 11.5 Å². The highest BCUT2D eigenvalue weighted by Crippen LogP contribution is 2.31. The van der Waals surface area contributed by atoms with Crippen molar-refractivity contribution >= 4 is 34.0 Å². The second kappa shape index (κ2) is 12.3. The zero-order chi connectivity index (χ0) is 30.7. The number of ether oxygens (including phenoxy) is 2. The van der Waals surface area contributed by atoms with Gasteiger partial charge in [-0.05, 0) is 72.2 Å². The highest BCUT2D eigenvalue weighted by Gasteiger charge is 2.20. The quantitative estimate of drug-likeness (QED) is 0.225. The van der Waals surface area contributed by atoms with Crippen molar-refractivity contribution in [2.45, 2.75) is 78.4 Å². The summed E-state index contributed by atoms with van der Waals surface area (Å²) in [5.41, 5.74) is 3.74. The lowest BCUT2D eigenvalue weighted by molar-refractivity contribution is -0.122. The van der Waals surface area contributed by atoms with E-state index in [0.717, 1.165) is 10.8 Å². The molecule has 0 aliphatic heterocycles. The van der Waals surface area contributed by atoms with E-state index in [1.165, 1.54) is 11.1 Å². The van der Waals surface area contributed by atoms with Crippen molar-refractivity contribution in [1.29, 1.82) is 0 Å². The fraction of sp³-hybridized carbons (Fsp3) is 0.333. The van der Waals surface area contributed by atoms with Gasteiger partial charge in [-0.25, -0.2) is 0 Å². The number of amides is 2. The number of nitrogens with one attached hydrogen (secondary N) is 2. The van der Waals surface area contributed by atoms with Crippen LogP contribution in [0.3, 0.4) is 0 Å². The Bertz CT molecular complexity index is 1430. The van der Waals surface area contributed by atoms with Gasteiger partial charge in [0, 0.05) is 22.1 Å². The molecule has 2 amide bonds. The minimum absolute atomic E-state index is 0.0393. The first-order valence-electron chi connectivity index (χ1n) is 14.4. The van der Waals surface area contributed by atoms with Gasteiger partial charge in [0.25, 0.3) is 11.8 Å². The lowest BCUT2D eigenvalue weighted by Gasteiger charge is -2.20. The number of carbonyl (C=O) groups excluding carboxylic acids is 2. The molecule has 0 radical (unpaired) electrons. The Balaban J connectivity index is 1.43. The van der Waals surface area contributed by atoms with Crippen LogP contribution >= 0.6 is 0 Å². The number of benzene rings is 4. The molecule has 220 valence electrons. The summed E-state index contributed by atoms with van der Waals surface area (Å²) < 4.78 is 11.8. The van der Waals surface area contributed by atoms with Gasteiger partial charge in [-0.2, -0.15) is 0 Å². The molecule has 2 atom stereocenters. The third-order valence-electron chi connectivity index (χ3n) is 7.24. The van der Waals surface area contributed by atoms with Gasteiger partial charge in [0.15, 0.2) is 12.2 Å². The van der Waals surface area contributed by atoms with Crippen molar-refractivity contribution in [3.05, 3.63) is 96.1 Å². The van der Waals surface area contributed by atoms with Gasteiger partial charge in [-0.15, -0.1) is 0 Å². The van der Waals surface area contributed by atoms with Crippen molar-refractivity contribution < 1.29 is 19.1 Å². The Hall–Kier alpha value is -4.32. The number of hydrogen-bond donors (Lipinski definition) is 2. The fourth-order valence-electron chi connectivity index (χ4n) is 4.58. The van der Waals surface area contributed by atoms with E-state index in [-0.39, 0.29) is 22.6 Å². The normalized spacial score (nSPS) is 13.2. The number of rotatable bonds is 8. The first kappa shape index (κ1) is 30.6. The molecule has 0 fully saturated rings. The van der Waals surface area contributed by atoms with Crippen molar-refractivity contribution in [2.24, 2.45) is 0 Å². The summed E-state index contributed by atoms with van der Waals surface area (Å²) in [7, 11) is 0. The summed E-state index contributed by atoms with van der Waals surface area (Å²) in [5.74, 6) is 0.734. The lowest BCUT2D eigenvalue weighted by atomic mass is 9.87. The minimum atomic E-state index is -0.709. The van der Waals surface area contributed by atoms with Crippen LogP contribution in [0.1, 0.15) is 66.5 Å². The fourth-order valence-corrected chi connectivity index (χ4v) is 4.58. The standard InChI is InChI=1S/C36H42N2O4/c1-23(41-27-19-15-25(16-20-27)35(3,4)5)33(39)37-31-13-9-12-30-29(31)11-10-14-32(30)38-34(40)24(2)42-28-21-17-26(18-22-28)36(6,7)8/h9-24H,1-8H3,(H,37,39)(H,38,40). The summed E-state index contributed by atoms with van der Waals surface area (Å²) in [4.78, 5) is 26.1. The van der Waals surface area contributed by atoms with E-state index in [4.69, 9.17) is 9.47 Å². The van der Waals surface area contributed by atoms with E-state index in [0.29, 0.717) is 22.9 Å². The van der Waals surface area contributed by atoms with Gasteiger partial charge in [-0.3, -0.25) is 9.59 Å². The predicted octanol–water partition coefficient (Wildman–Crippen LogP) is 8.25. The van der Waals surface area contributed by atoms with E-state index in [9.17, 15) is 9.59 Å². The van der Waals surface area contributed by atoms with Gasteiger partial charge in [0.05, 0.1) is 0 Å². The first-order chi connectivity index (χ1) is 19.7. The van der Waals surface area contributed by atoms with Gasteiger partial charge in [-0.1, -0.05) is 90.1 Å². The Morgan fingerprint density at radius 2 is 0.881 bits per heavy atom. The second-order valence-corrected chi connectivity index (χ2v) is 12.8. The molecule has 0 spiro atoms. The Morgan fingerprint density at radius 1 is 0.548 bits per heavy atom. The number of anilines is 2. The molecule has 0 saturated heterocycles. The summed E-state index contributed by atoms with van der Waals surface area (Å²) >= 11 is 0.